The van der Waals surface area contributed by atoms with Crippen LogP contribution in [0.15, 0.2) is 0 Å². The molecule has 1 heterocycles. The third-order valence-electron chi connectivity index (χ3n) is 0.581. The molecule has 1 fully saturated rings. The molecule has 1 aliphatic heterocycles. The van der Waals surface area contributed by atoms with Crippen molar-refractivity contribution in [1.82, 2.24) is 0 Å². The molecule has 6 heavy (non-hydrogen) atoms. The first kappa shape index (κ1) is 4.80. The first-order chi connectivity index (χ1) is 2.89. The topological polar surface area (TPSA) is 18.5 Å². The second-order valence-corrected chi connectivity index (χ2v) is 2.45. The number of rotatable bonds is 0. The van der Waals surface area contributed by atoms with E-state index in [2.05, 4.69) is 22.6 Å². The maximum atomic E-state index is 4.92. The van der Waals surface area contributed by atoms with Crippen LogP contribution in [0.4, 0.5) is 0 Å². The van der Waals surface area contributed by atoms with Crippen molar-refractivity contribution in [2.24, 2.45) is 0 Å². The van der Waals surface area contributed by atoms with Gasteiger partial charge in [-0.15, -0.1) is 0 Å². The predicted molar refractivity (Wildman–Crippen MR) is 29.7 cm³/mol. The summed E-state index contributed by atoms with van der Waals surface area (Å²) in [5.74, 6) is 0. The van der Waals surface area contributed by atoms with Gasteiger partial charge in [-0.2, -0.15) is 0 Å². The number of hydrogen-bond donors (Lipinski definition) is 0. The van der Waals surface area contributed by atoms with Gasteiger partial charge < -0.3 is 9.47 Å². The fourth-order valence-corrected chi connectivity index (χ4v) is 0.712. The summed E-state index contributed by atoms with van der Waals surface area (Å²) in [6.07, 6.45) is 0. The van der Waals surface area contributed by atoms with E-state index in [1.165, 1.54) is 0 Å². The third kappa shape index (κ3) is 1.06. The largest absolute Gasteiger partial charge is 0.352 e. The molecule has 0 unspecified atom stereocenters. The maximum absolute atomic E-state index is 4.92. The van der Waals surface area contributed by atoms with Crippen LogP contribution in [0.5, 0.6) is 0 Å². The molecule has 0 N–H and O–H groups in total. The van der Waals surface area contributed by atoms with Crippen molar-refractivity contribution in [2.75, 3.05) is 13.4 Å². The van der Waals surface area contributed by atoms with Gasteiger partial charge in [0.2, 0.25) is 0 Å². The molecule has 1 atom stereocenters. The molecular weight excluding hydrogens is 195 g/mol. The summed E-state index contributed by atoms with van der Waals surface area (Å²) in [4.78, 5) is 0. The maximum Gasteiger partial charge on any atom is 0.148 e. The second kappa shape index (κ2) is 2.09. The molecule has 0 saturated carbocycles. The van der Waals surface area contributed by atoms with E-state index >= 15 is 0 Å². The average molecular weight is 200 g/mol. The highest BCUT2D eigenvalue weighted by molar-refractivity contribution is 14.1. The van der Waals surface area contributed by atoms with Gasteiger partial charge in [-0.3, -0.25) is 0 Å². The van der Waals surface area contributed by atoms with Gasteiger partial charge in [0, 0.05) is 0 Å². The predicted octanol–water partition coefficient (Wildman–Crippen LogP) is 0.752. The highest BCUT2D eigenvalue weighted by atomic mass is 127. The number of halogens is 1. The summed E-state index contributed by atoms with van der Waals surface area (Å²) in [6.45, 7) is 1.23. The fourth-order valence-electron chi connectivity index (χ4n) is 0.311. The van der Waals surface area contributed by atoms with Gasteiger partial charge in [-0.25, -0.2) is 0 Å². The normalized spacial score (nSPS) is 34.5. The number of ether oxygens (including phenoxy) is 2. The van der Waals surface area contributed by atoms with Crippen molar-refractivity contribution in [1.29, 1.82) is 0 Å². The minimum Gasteiger partial charge on any atom is -0.352 e. The lowest BCUT2D eigenvalue weighted by Gasteiger charge is -1.88. The smallest absolute Gasteiger partial charge is 0.148 e. The number of hydrogen-bond acceptors (Lipinski definition) is 2. The molecular formula is C3H5IO2. The Morgan fingerprint density at radius 2 is 2.50 bits per heavy atom. The Kier molecular flexibility index (Phi) is 1.67. The molecule has 3 heteroatoms. The average Bonchev–Trinajstić information content (AvgIpc) is 1.86. The van der Waals surface area contributed by atoms with E-state index in [1.807, 2.05) is 0 Å². The van der Waals surface area contributed by atoms with Crippen molar-refractivity contribution in [3.63, 3.8) is 0 Å². The van der Waals surface area contributed by atoms with Gasteiger partial charge in [0.1, 0.15) is 10.9 Å². The number of alkyl halides is 1. The van der Waals surface area contributed by atoms with Crippen molar-refractivity contribution in [2.45, 2.75) is 4.11 Å². The Bertz CT molecular complexity index is 42.1. The molecule has 0 bridgehead atoms. The van der Waals surface area contributed by atoms with Crippen LogP contribution >= 0.6 is 22.6 Å². The van der Waals surface area contributed by atoms with Crippen LogP contribution in [-0.4, -0.2) is 17.5 Å². The third-order valence-corrected chi connectivity index (χ3v) is 1.30. The molecule has 0 radical (unpaired) electrons. The van der Waals surface area contributed by atoms with E-state index in [0.29, 0.717) is 10.9 Å². The van der Waals surface area contributed by atoms with Crippen LogP contribution in [0, 0.1) is 0 Å². The van der Waals surface area contributed by atoms with Crippen molar-refractivity contribution < 1.29 is 9.47 Å². The van der Waals surface area contributed by atoms with Crippen LogP contribution in [-0.2, 0) is 9.47 Å². The zero-order valence-corrected chi connectivity index (χ0v) is 5.34. The first-order valence-electron chi connectivity index (χ1n) is 1.73. The van der Waals surface area contributed by atoms with E-state index in [9.17, 15) is 0 Å². The fraction of sp³-hybridized carbons (Fsp3) is 1.00. The van der Waals surface area contributed by atoms with Crippen LogP contribution in [0.3, 0.4) is 0 Å². The van der Waals surface area contributed by atoms with Gasteiger partial charge in [0.05, 0.1) is 6.61 Å². The molecule has 1 saturated heterocycles. The van der Waals surface area contributed by atoms with E-state index in [-0.39, 0.29) is 0 Å². The highest BCUT2D eigenvalue weighted by Crippen LogP contribution is 2.08. The molecule has 0 aliphatic carbocycles. The van der Waals surface area contributed by atoms with Crippen LogP contribution in [0.25, 0.3) is 0 Å². The molecule has 1 rings (SSSR count). The monoisotopic (exact) mass is 200 g/mol. The summed E-state index contributed by atoms with van der Waals surface area (Å²) >= 11 is 2.18. The summed E-state index contributed by atoms with van der Waals surface area (Å²) in [6, 6.07) is 0. The Labute approximate surface area is 50.0 Å². The Balaban J connectivity index is 2.18. The molecule has 36 valence electrons. The van der Waals surface area contributed by atoms with Gasteiger partial charge in [0.15, 0.2) is 0 Å². The zero-order chi connectivity index (χ0) is 4.41. The lowest BCUT2D eigenvalue weighted by atomic mass is 10.8. The molecule has 0 aromatic rings. The van der Waals surface area contributed by atoms with Gasteiger partial charge in [-0.05, 0) is 22.6 Å². The molecule has 0 amide bonds. The Morgan fingerprint density at radius 1 is 1.67 bits per heavy atom. The second-order valence-electron chi connectivity index (χ2n) is 1.07. The molecule has 0 aromatic heterocycles. The lowest BCUT2D eigenvalue weighted by molar-refractivity contribution is 0.0664. The van der Waals surface area contributed by atoms with Crippen LogP contribution in [0.2, 0.25) is 0 Å². The van der Waals surface area contributed by atoms with Crippen LogP contribution < -0.4 is 0 Å². The van der Waals surface area contributed by atoms with Gasteiger partial charge in [0.25, 0.3) is 0 Å². The molecule has 0 spiro atoms. The van der Waals surface area contributed by atoms with Crippen LogP contribution in [0.1, 0.15) is 0 Å². The van der Waals surface area contributed by atoms with E-state index < -0.39 is 0 Å². The minimum atomic E-state index is 0.294. The summed E-state index contributed by atoms with van der Waals surface area (Å²) in [7, 11) is 0. The van der Waals surface area contributed by atoms with Crippen molar-refractivity contribution in [3.8, 4) is 0 Å². The molecule has 1 aliphatic rings. The van der Waals surface area contributed by atoms with Gasteiger partial charge in [-0.1, -0.05) is 0 Å². The van der Waals surface area contributed by atoms with E-state index in [1.54, 1.807) is 0 Å². The Hall–Kier alpha value is 0.650. The quantitative estimate of drug-likeness (QED) is 0.424. The standard InChI is InChI=1S/C3H5IO2/c4-3-1-5-2-6-3/h3H,1-2H2/t3-/m1/s1. The molecule has 0 aromatic carbocycles. The van der Waals surface area contributed by atoms with E-state index in [0.717, 1.165) is 6.61 Å². The lowest BCUT2D eigenvalue weighted by Crippen LogP contribution is -1.94. The molecule has 2 nitrogen and oxygen atoms in total. The van der Waals surface area contributed by atoms with E-state index in [4.69, 9.17) is 9.47 Å². The summed E-state index contributed by atoms with van der Waals surface area (Å²) in [5, 5.41) is 0. The zero-order valence-electron chi connectivity index (χ0n) is 3.19. The SMILES string of the molecule is I[C@H]1COCO1. The summed E-state index contributed by atoms with van der Waals surface area (Å²) < 4.78 is 10.0. The van der Waals surface area contributed by atoms with Crippen molar-refractivity contribution >= 4 is 22.6 Å². The Morgan fingerprint density at radius 3 is 2.67 bits per heavy atom. The summed E-state index contributed by atoms with van der Waals surface area (Å²) in [5.41, 5.74) is 0. The minimum absolute atomic E-state index is 0.294. The van der Waals surface area contributed by atoms with Crippen molar-refractivity contribution in [3.05, 3.63) is 0 Å². The van der Waals surface area contributed by atoms with Gasteiger partial charge >= 0.3 is 0 Å². The first-order valence-corrected chi connectivity index (χ1v) is 2.97. The highest BCUT2D eigenvalue weighted by Gasteiger charge is 2.09.